The van der Waals surface area contributed by atoms with E-state index in [2.05, 4.69) is 27.8 Å². The number of aromatic nitrogens is 2. The van der Waals surface area contributed by atoms with Crippen molar-refractivity contribution in [3.05, 3.63) is 24.3 Å². The molecule has 0 saturated carbocycles. The van der Waals surface area contributed by atoms with Gasteiger partial charge in [0, 0.05) is 12.0 Å². The molecule has 7 nitrogen and oxygen atoms in total. The van der Waals surface area contributed by atoms with Gasteiger partial charge in [-0.1, -0.05) is 64.2 Å². The lowest BCUT2D eigenvalue weighted by molar-refractivity contribution is -0.127. The molecule has 1 aromatic heterocycles. The molecule has 8 heteroatoms. The number of methoxy groups -OCH3 is 1. The van der Waals surface area contributed by atoms with Crippen molar-refractivity contribution in [2.75, 3.05) is 12.4 Å². The van der Waals surface area contributed by atoms with Gasteiger partial charge in [-0.25, -0.2) is 0 Å². The summed E-state index contributed by atoms with van der Waals surface area (Å²) in [6.07, 6.45) is 6.63. The highest BCUT2D eigenvalue weighted by Gasteiger charge is 2.26. The minimum absolute atomic E-state index is 0.0121. The van der Waals surface area contributed by atoms with Gasteiger partial charge >= 0.3 is 0 Å². The molecule has 2 unspecified atom stereocenters. The molecule has 2 N–H and O–H groups in total. The summed E-state index contributed by atoms with van der Waals surface area (Å²) in [5, 5.41) is 15.1. The van der Waals surface area contributed by atoms with Crippen LogP contribution in [0.5, 0.6) is 5.75 Å². The topological polar surface area (TPSA) is 93.2 Å². The monoisotopic (exact) mass is 446 g/mol. The number of carbonyl (C=O) groups excluding carboxylic acids is 2. The van der Waals surface area contributed by atoms with E-state index in [9.17, 15) is 9.59 Å². The number of rotatable bonds is 13. The summed E-state index contributed by atoms with van der Waals surface area (Å²) in [6, 6.07) is 6.90. The Hall–Kier alpha value is -2.48. The standard InChI is InChI=1S/C23H34N4O3S/c1-5-7-8-9-10-11-19(28)24-20(16(3)6-2)21(29)25-23-27-26-22(31-23)17-12-14-18(30-4)15-13-17/h12-16,20H,5-11H2,1-4H3,(H,24,28)(H,25,27,29). The maximum Gasteiger partial charge on any atom is 0.249 e. The van der Waals surface area contributed by atoms with E-state index in [4.69, 9.17) is 4.74 Å². The molecule has 1 aromatic carbocycles. The largest absolute Gasteiger partial charge is 0.497 e. The van der Waals surface area contributed by atoms with E-state index in [1.54, 1.807) is 7.11 Å². The Morgan fingerprint density at radius 2 is 1.77 bits per heavy atom. The highest BCUT2D eigenvalue weighted by atomic mass is 32.1. The molecule has 0 saturated heterocycles. The van der Waals surface area contributed by atoms with Gasteiger partial charge in [0.15, 0.2) is 0 Å². The lowest BCUT2D eigenvalue weighted by Crippen LogP contribution is -2.47. The van der Waals surface area contributed by atoms with Crippen molar-refractivity contribution in [3.63, 3.8) is 0 Å². The summed E-state index contributed by atoms with van der Waals surface area (Å²) in [5.41, 5.74) is 0.897. The molecule has 0 radical (unpaired) electrons. The fourth-order valence-corrected chi connectivity index (χ4v) is 3.90. The predicted octanol–water partition coefficient (Wildman–Crippen LogP) is 5.04. The summed E-state index contributed by atoms with van der Waals surface area (Å²) in [4.78, 5) is 25.3. The second-order valence-corrected chi connectivity index (χ2v) is 8.70. The first-order chi connectivity index (χ1) is 15.0. The van der Waals surface area contributed by atoms with Crippen LogP contribution in [0.25, 0.3) is 10.6 Å². The second-order valence-electron chi connectivity index (χ2n) is 7.73. The first-order valence-corrected chi connectivity index (χ1v) is 11.9. The van der Waals surface area contributed by atoms with Crippen LogP contribution in [-0.2, 0) is 9.59 Å². The molecule has 0 aliphatic heterocycles. The Kier molecular flexibility index (Phi) is 10.4. The fraction of sp³-hybridized carbons (Fsp3) is 0.565. The van der Waals surface area contributed by atoms with Gasteiger partial charge in [-0.2, -0.15) is 0 Å². The third-order valence-electron chi connectivity index (χ3n) is 5.31. The number of ether oxygens (including phenoxy) is 1. The number of amides is 2. The maximum absolute atomic E-state index is 12.9. The Morgan fingerprint density at radius 1 is 1.06 bits per heavy atom. The van der Waals surface area contributed by atoms with Gasteiger partial charge in [-0.05, 0) is 36.6 Å². The summed E-state index contributed by atoms with van der Waals surface area (Å²) in [7, 11) is 1.62. The molecule has 0 bridgehead atoms. The second kappa shape index (κ2) is 13.0. The van der Waals surface area contributed by atoms with Gasteiger partial charge in [0.25, 0.3) is 0 Å². The summed E-state index contributed by atoms with van der Waals surface area (Å²) >= 11 is 1.30. The SMILES string of the molecule is CCCCCCCC(=O)NC(C(=O)Nc1nnc(-c2ccc(OC)cc2)s1)C(C)CC. The minimum atomic E-state index is -0.596. The molecule has 0 aliphatic rings. The van der Waals surface area contributed by atoms with Crippen molar-refractivity contribution in [2.45, 2.75) is 71.8 Å². The van der Waals surface area contributed by atoms with Gasteiger partial charge in [0.1, 0.15) is 16.8 Å². The van der Waals surface area contributed by atoms with Gasteiger partial charge in [0.05, 0.1) is 7.11 Å². The molecule has 31 heavy (non-hydrogen) atoms. The number of benzene rings is 1. The fourth-order valence-electron chi connectivity index (χ4n) is 3.14. The number of nitrogens with one attached hydrogen (secondary N) is 2. The highest BCUT2D eigenvalue weighted by Crippen LogP contribution is 2.28. The third-order valence-corrected chi connectivity index (χ3v) is 6.20. The van der Waals surface area contributed by atoms with Crippen molar-refractivity contribution in [1.29, 1.82) is 0 Å². The summed E-state index contributed by atoms with van der Waals surface area (Å²) in [5.74, 6) is 0.441. The van der Waals surface area contributed by atoms with Crippen molar-refractivity contribution in [3.8, 4) is 16.3 Å². The van der Waals surface area contributed by atoms with Crippen LogP contribution in [-0.4, -0.2) is 35.2 Å². The third kappa shape index (κ3) is 7.94. The molecule has 2 aromatic rings. The van der Waals surface area contributed by atoms with Crippen molar-refractivity contribution < 1.29 is 14.3 Å². The Morgan fingerprint density at radius 3 is 2.42 bits per heavy atom. The number of hydrogen-bond donors (Lipinski definition) is 2. The molecule has 2 atom stereocenters. The van der Waals surface area contributed by atoms with Crippen LogP contribution in [0.2, 0.25) is 0 Å². The van der Waals surface area contributed by atoms with Crippen molar-refractivity contribution >= 4 is 28.3 Å². The lowest BCUT2D eigenvalue weighted by atomic mass is 9.98. The normalized spacial score (nSPS) is 12.8. The molecule has 2 rings (SSSR count). The number of nitrogens with zero attached hydrogens (tertiary/aromatic N) is 2. The van der Waals surface area contributed by atoms with Crippen LogP contribution in [0, 0.1) is 5.92 Å². The first-order valence-electron chi connectivity index (χ1n) is 11.1. The zero-order valence-corrected chi connectivity index (χ0v) is 19.8. The van der Waals surface area contributed by atoms with Crippen LogP contribution in [0.3, 0.4) is 0 Å². The van der Waals surface area contributed by atoms with Crippen LogP contribution >= 0.6 is 11.3 Å². The molecular weight excluding hydrogens is 412 g/mol. The molecule has 0 aliphatic carbocycles. The highest BCUT2D eigenvalue weighted by molar-refractivity contribution is 7.18. The van der Waals surface area contributed by atoms with Crippen LogP contribution in [0.1, 0.15) is 65.7 Å². The van der Waals surface area contributed by atoms with Crippen LogP contribution in [0.4, 0.5) is 5.13 Å². The molecular formula is C23H34N4O3S. The van der Waals surface area contributed by atoms with E-state index in [0.29, 0.717) is 16.6 Å². The zero-order chi connectivity index (χ0) is 22.6. The van der Waals surface area contributed by atoms with E-state index in [0.717, 1.165) is 37.0 Å². The average Bonchev–Trinajstić information content (AvgIpc) is 3.25. The quantitative estimate of drug-likeness (QED) is 0.420. The summed E-state index contributed by atoms with van der Waals surface area (Å²) in [6.45, 7) is 6.14. The Balaban J connectivity index is 1.95. The Labute approximate surface area is 189 Å². The van der Waals surface area contributed by atoms with E-state index >= 15 is 0 Å². The Bertz CT molecular complexity index is 822. The van der Waals surface area contributed by atoms with Gasteiger partial charge < -0.3 is 10.1 Å². The molecule has 0 fully saturated rings. The number of unbranched alkanes of at least 4 members (excludes halogenated alkanes) is 4. The van der Waals surface area contributed by atoms with Gasteiger partial charge in [0.2, 0.25) is 16.9 Å². The lowest BCUT2D eigenvalue weighted by Gasteiger charge is -2.23. The van der Waals surface area contributed by atoms with Crippen molar-refractivity contribution in [2.24, 2.45) is 5.92 Å². The average molecular weight is 447 g/mol. The number of carbonyl (C=O) groups is 2. The predicted molar refractivity (Wildman–Crippen MR) is 125 cm³/mol. The van der Waals surface area contributed by atoms with E-state index < -0.39 is 6.04 Å². The van der Waals surface area contributed by atoms with Gasteiger partial charge in [-0.15, -0.1) is 10.2 Å². The molecule has 170 valence electrons. The zero-order valence-electron chi connectivity index (χ0n) is 18.9. The van der Waals surface area contributed by atoms with E-state index in [1.165, 1.54) is 24.2 Å². The van der Waals surface area contributed by atoms with E-state index in [1.807, 2.05) is 38.1 Å². The number of anilines is 1. The van der Waals surface area contributed by atoms with Crippen molar-refractivity contribution in [1.82, 2.24) is 15.5 Å². The van der Waals surface area contributed by atoms with Crippen LogP contribution in [0.15, 0.2) is 24.3 Å². The minimum Gasteiger partial charge on any atom is -0.497 e. The smallest absolute Gasteiger partial charge is 0.249 e. The molecule has 1 heterocycles. The first kappa shape index (κ1) is 24.8. The number of hydrogen-bond acceptors (Lipinski definition) is 6. The molecule has 0 spiro atoms. The van der Waals surface area contributed by atoms with E-state index in [-0.39, 0.29) is 17.7 Å². The van der Waals surface area contributed by atoms with Gasteiger partial charge in [-0.3, -0.25) is 14.9 Å². The summed E-state index contributed by atoms with van der Waals surface area (Å²) < 4.78 is 5.17. The maximum atomic E-state index is 12.9. The molecule has 2 amide bonds. The van der Waals surface area contributed by atoms with Crippen LogP contribution < -0.4 is 15.4 Å².